The number of para-hydroxylation sites is 1. The van der Waals surface area contributed by atoms with Crippen molar-refractivity contribution < 1.29 is 4.74 Å². The fourth-order valence-corrected chi connectivity index (χ4v) is 4.25. The maximum absolute atomic E-state index is 6.07. The van der Waals surface area contributed by atoms with Crippen molar-refractivity contribution in [2.75, 3.05) is 26.5 Å². The molecule has 0 spiro atoms. The molecule has 1 saturated heterocycles. The summed E-state index contributed by atoms with van der Waals surface area (Å²) in [6, 6.07) is 8.22. The zero-order valence-corrected chi connectivity index (χ0v) is 12.9. The van der Waals surface area contributed by atoms with Crippen molar-refractivity contribution in [2.24, 2.45) is 5.73 Å². The lowest BCUT2D eigenvalue weighted by molar-refractivity contribution is 0.137. The second kappa shape index (κ2) is 6.16. The fourth-order valence-electron chi connectivity index (χ4n) is 2.77. The highest BCUT2D eigenvalue weighted by molar-refractivity contribution is 8.00. The summed E-state index contributed by atoms with van der Waals surface area (Å²) in [4.78, 5) is 2.40. The Labute approximate surface area is 120 Å². The average molecular weight is 280 g/mol. The Kier molecular flexibility index (Phi) is 4.76. The van der Waals surface area contributed by atoms with Crippen molar-refractivity contribution in [1.82, 2.24) is 4.90 Å². The molecule has 2 atom stereocenters. The number of nitrogens with two attached hydrogens (primary N) is 1. The first-order valence-electron chi connectivity index (χ1n) is 6.76. The van der Waals surface area contributed by atoms with Gasteiger partial charge in [-0.2, -0.15) is 11.8 Å². The summed E-state index contributed by atoms with van der Waals surface area (Å²) < 4.78 is 5.43. The minimum Gasteiger partial charge on any atom is -0.496 e. The average Bonchev–Trinajstić information content (AvgIpc) is 2.82. The zero-order chi connectivity index (χ0) is 13.9. The Bertz CT molecular complexity index is 426. The van der Waals surface area contributed by atoms with Crippen molar-refractivity contribution >= 4 is 11.8 Å². The summed E-state index contributed by atoms with van der Waals surface area (Å²) in [5.41, 5.74) is 7.43. The van der Waals surface area contributed by atoms with Crippen LogP contribution in [0.25, 0.3) is 0 Å². The molecule has 2 unspecified atom stereocenters. The normalized spacial score (nSPS) is 26.9. The molecule has 0 aromatic heterocycles. The van der Waals surface area contributed by atoms with E-state index in [1.54, 1.807) is 7.11 Å². The number of hydrogen-bond donors (Lipinski definition) is 1. The molecule has 4 heteroatoms. The Morgan fingerprint density at radius 1 is 1.47 bits per heavy atom. The number of likely N-dealkylation sites (N-methyl/N-ethyl adjacent to an activating group) is 1. The molecule has 2 rings (SSSR count). The fraction of sp³-hybridized carbons (Fsp3) is 0.600. The summed E-state index contributed by atoms with van der Waals surface area (Å²) in [6.45, 7) is 3.89. The van der Waals surface area contributed by atoms with Gasteiger partial charge in [-0.05, 0) is 19.5 Å². The Morgan fingerprint density at radius 2 is 2.21 bits per heavy atom. The summed E-state index contributed by atoms with van der Waals surface area (Å²) >= 11 is 2.02. The quantitative estimate of drug-likeness (QED) is 0.898. The minimum absolute atomic E-state index is 0.130. The van der Waals surface area contributed by atoms with Crippen LogP contribution in [0.4, 0.5) is 0 Å². The van der Waals surface area contributed by atoms with Crippen LogP contribution in [0.1, 0.15) is 18.9 Å². The number of hydrogen-bond acceptors (Lipinski definition) is 4. The van der Waals surface area contributed by atoms with Gasteiger partial charge in [-0.25, -0.2) is 0 Å². The van der Waals surface area contributed by atoms with Crippen LogP contribution in [-0.4, -0.2) is 42.1 Å². The van der Waals surface area contributed by atoms with E-state index < -0.39 is 0 Å². The topological polar surface area (TPSA) is 38.5 Å². The Morgan fingerprint density at radius 3 is 2.79 bits per heavy atom. The minimum atomic E-state index is 0.130. The molecule has 0 aliphatic carbocycles. The van der Waals surface area contributed by atoms with E-state index in [0.717, 1.165) is 24.6 Å². The standard InChI is InChI=1S/C15H24N2OS/c1-12-8-15(10-16,11-19-12)17(2)9-13-6-4-5-7-14(13)18-3/h4-7,12H,8-11,16H2,1-3H3. The number of ether oxygens (including phenoxy) is 1. The molecular formula is C15H24N2OS. The largest absolute Gasteiger partial charge is 0.496 e. The molecule has 1 aliphatic heterocycles. The van der Waals surface area contributed by atoms with Gasteiger partial charge < -0.3 is 10.5 Å². The highest BCUT2D eigenvalue weighted by Gasteiger charge is 2.40. The van der Waals surface area contributed by atoms with Gasteiger partial charge >= 0.3 is 0 Å². The number of methoxy groups -OCH3 is 1. The van der Waals surface area contributed by atoms with Crippen molar-refractivity contribution in [1.29, 1.82) is 0 Å². The van der Waals surface area contributed by atoms with Crippen LogP contribution in [-0.2, 0) is 6.54 Å². The van der Waals surface area contributed by atoms with Crippen molar-refractivity contribution in [2.45, 2.75) is 30.7 Å². The maximum atomic E-state index is 6.07. The lowest BCUT2D eigenvalue weighted by atomic mass is 9.94. The van der Waals surface area contributed by atoms with E-state index >= 15 is 0 Å². The maximum Gasteiger partial charge on any atom is 0.123 e. The van der Waals surface area contributed by atoms with E-state index in [4.69, 9.17) is 10.5 Å². The van der Waals surface area contributed by atoms with Crippen LogP contribution < -0.4 is 10.5 Å². The first kappa shape index (κ1) is 14.7. The van der Waals surface area contributed by atoms with Gasteiger partial charge in [0.05, 0.1) is 7.11 Å². The molecule has 1 fully saturated rings. The monoisotopic (exact) mass is 280 g/mol. The van der Waals surface area contributed by atoms with E-state index in [1.165, 1.54) is 12.0 Å². The summed E-state index contributed by atoms with van der Waals surface area (Å²) in [5, 5.41) is 0.698. The third-order valence-electron chi connectivity index (χ3n) is 4.09. The molecule has 0 saturated carbocycles. The first-order chi connectivity index (χ1) is 9.11. The van der Waals surface area contributed by atoms with Crippen molar-refractivity contribution in [3.05, 3.63) is 29.8 Å². The van der Waals surface area contributed by atoms with Crippen LogP contribution in [0.15, 0.2) is 24.3 Å². The Balaban J connectivity index is 2.13. The number of thioether (sulfide) groups is 1. The van der Waals surface area contributed by atoms with Gasteiger partial charge in [-0.3, -0.25) is 4.90 Å². The summed E-state index contributed by atoms with van der Waals surface area (Å²) in [6.07, 6.45) is 1.17. The van der Waals surface area contributed by atoms with Gasteiger partial charge in [-0.1, -0.05) is 25.1 Å². The lowest BCUT2D eigenvalue weighted by Crippen LogP contribution is -2.52. The van der Waals surface area contributed by atoms with Crippen molar-refractivity contribution in [3.63, 3.8) is 0 Å². The molecule has 3 nitrogen and oxygen atoms in total. The molecule has 2 N–H and O–H groups in total. The third-order valence-corrected chi connectivity index (χ3v) is 5.53. The number of rotatable bonds is 5. The van der Waals surface area contributed by atoms with Crippen LogP contribution in [0.3, 0.4) is 0 Å². The Hall–Kier alpha value is -0.710. The predicted molar refractivity (Wildman–Crippen MR) is 82.8 cm³/mol. The van der Waals surface area contributed by atoms with E-state index in [0.29, 0.717) is 5.25 Å². The second-order valence-corrected chi connectivity index (χ2v) is 6.85. The molecule has 1 aliphatic rings. The van der Waals surface area contributed by atoms with Crippen molar-refractivity contribution in [3.8, 4) is 5.75 Å². The van der Waals surface area contributed by atoms with Gasteiger partial charge in [0.2, 0.25) is 0 Å². The third kappa shape index (κ3) is 3.07. The van der Waals surface area contributed by atoms with E-state index in [1.807, 2.05) is 23.9 Å². The number of benzene rings is 1. The molecule has 106 valence electrons. The predicted octanol–water partition coefficient (Wildman–Crippen LogP) is 2.35. The highest BCUT2D eigenvalue weighted by Crippen LogP contribution is 2.38. The zero-order valence-electron chi connectivity index (χ0n) is 12.1. The summed E-state index contributed by atoms with van der Waals surface area (Å²) in [5.74, 6) is 2.08. The first-order valence-corrected chi connectivity index (χ1v) is 7.81. The molecule has 0 radical (unpaired) electrons. The number of nitrogens with zero attached hydrogens (tertiary/aromatic N) is 1. The van der Waals surface area contributed by atoms with Gasteiger partial charge in [0, 0.05) is 35.2 Å². The van der Waals surface area contributed by atoms with Gasteiger partial charge in [0.15, 0.2) is 0 Å². The van der Waals surface area contributed by atoms with Gasteiger partial charge in [0.25, 0.3) is 0 Å². The van der Waals surface area contributed by atoms with Crippen LogP contribution in [0.2, 0.25) is 0 Å². The van der Waals surface area contributed by atoms with E-state index in [-0.39, 0.29) is 5.54 Å². The lowest BCUT2D eigenvalue weighted by Gasteiger charge is -2.37. The molecule has 1 aromatic rings. The molecule has 0 amide bonds. The van der Waals surface area contributed by atoms with Crippen LogP contribution in [0, 0.1) is 0 Å². The van der Waals surface area contributed by atoms with E-state index in [2.05, 4.69) is 31.0 Å². The molecular weight excluding hydrogens is 256 g/mol. The molecule has 1 heterocycles. The molecule has 1 aromatic carbocycles. The van der Waals surface area contributed by atoms with E-state index in [9.17, 15) is 0 Å². The highest BCUT2D eigenvalue weighted by atomic mass is 32.2. The van der Waals surface area contributed by atoms with Crippen LogP contribution in [0.5, 0.6) is 5.75 Å². The summed E-state index contributed by atoms with van der Waals surface area (Å²) in [7, 11) is 3.91. The second-order valence-electron chi connectivity index (χ2n) is 5.42. The van der Waals surface area contributed by atoms with Crippen LogP contribution >= 0.6 is 11.8 Å². The SMILES string of the molecule is COc1ccccc1CN(C)C1(CN)CSC(C)C1. The molecule has 19 heavy (non-hydrogen) atoms. The van der Waals surface area contributed by atoms with Gasteiger partial charge in [0.1, 0.15) is 5.75 Å². The van der Waals surface area contributed by atoms with Gasteiger partial charge in [-0.15, -0.1) is 0 Å². The molecule has 0 bridgehead atoms. The smallest absolute Gasteiger partial charge is 0.123 e.